The summed E-state index contributed by atoms with van der Waals surface area (Å²) in [5, 5.41) is 21.0. The first-order valence-electron chi connectivity index (χ1n) is 5.66. The van der Waals surface area contributed by atoms with Crippen molar-refractivity contribution >= 4 is 5.69 Å². The number of nitrogens with two attached hydrogens (primary N) is 1. The first-order valence-corrected chi connectivity index (χ1v) is 5.66. The molecule has 0 saturated heterocycles. The fourth-order valence-corrected chi connectivity index (χ4v) is 1.59. The van der Waals surface area contributed by atoms with Gasteiger partial charge in [0.2, 0.25) is 0 Å². The van der Waals surface area contributed by atoms with Crippen molar-refractivity contribution in [2.45, 2.75) is 25.2 Å². The van der Waals surface area contributed by atoms with Crippen molar-refractivity contribution in [3.05, 3.63) is 29.3 Å². The van der Waals surface area contributed by atoms with Crippen molar-refractivity contribution in [2.75, 3.05) is 18.5 Å². The minimum absolute atomic E-state index is 0.0456. The van der Waals surface area contributed by atoms with E-state index in [1.54, 1.807) is 6.92 Å². The number of aliphatic hydroxyl groups excluding tert-OH is 2. The van der Waals surface area contributed by atoms with Crippen LogP contribution in [-0.2, 0) is 12.7 Å². The molecule has 0 amide bonds. The molecule has 0 unspecified atom stereocenters. The second-order valence-corrected chi connectivity index (χ2v) is 4.58. The van der Waals surface area contributed by atoms with E-state index in [9.17, 15) is 13.2 Å². The fourth-order valence-electron chi connectivity index (χ4n) is 1.59. The zero-order valence-electron chi connectivity index (χ0n) is 10.5. The molecule has 0 radical (unpaired) electrons. The molecule has 0 saturated carbocycles. The lowest BCUT2D eigenvalue weighted by molar-refractivity contribution is -0.138. The van der Waals surface area contributed by atoms with Gasteiger partial charge in [-0.05, 0) is 30.7 Å². The molecule has 7 heteroatoms. The van der Waals surface area contributed by atoms with Crippen LogP contribution in [-0.4, -0.2) is 29.0 Å². The van der Waals surface area contributed by atoms with Gasteiger partial charge < -0.3 is 21.3 Å². The van der Waals surface area contributed by atoms with E-state index >= 15 is 0 Å². The Morgan fingerprint density at radius 2 is 1.79 bits per heavy atom. The highest BCUT2D eigenvalue weighted by Crippen LogP contribution is 2.33. The highest BCUT2D eigenvalue weighted by atomic mass is 19.4. The average molecular weight is 278 g/mol. The quantitative estimate of drug-likeness (QED) is 0.655. The first-order chi connectivity index (χ1) is 8.75. The lowest BCUT2D eigenvalue weighted by atomic mass is 10.0. The summed E-state index contributed by atoms with van der Waals surface area (Å²) in [5.74, 6) is 0. The Bertz CT molecular complexity index is 431. The van der Waals surface area contributed by atoms with Gasteiger partial charge >= 0.3 is 6.18 Å². The van der Waals surface area contributed by atoms with Crippen LogP contribution in [0.1, 0.15) is 18.1 Å². The van der Waals surface area contributed by atoms with Crippen molar-refractivity contribution in [1.29, 1.82) is 0 Å². The van der Waals surface area contributed by atoms with Crippen molar-refractivity contribution in [3.63, 3.8) is 0 Å². The second-order valence-electron chi connectivity index (χ2n) is 4.58. The number of alkyl halides is 3. The van der Waals surface area contributed by atoms with Gasteiger partial charge in [-0.15, -0.1) is 0 Å². The Morgan fingerprint density at radius 3 is 2.21 bits per heavy atom. The third-order valence-electron chi connectivity index (χ3n) is 2.77. The summed E-state index contributed by atoms with van der Waals surface area (Å²) < 4.78 is 38.0. The highest BCUT2D eigenvalue weighted by molar-refractivity contribution is 5.51. The van der Waals surface area contributed by atoms with Gasteiger partial charge in [-0.2, -0.15) is 13.2 Å². The summed E-state index contributed by atoms with van der Waals surface area (Å²) in [6.45, 7) is 0.580. The van der Waals surface area contributed by atoms with E-state index in [1.807, 2.05) is 0 Å². The first kappa shape index (κ1) is 15.7. The number of benzene rings is 1. The van der Waals surface area contributed by atoms with Gasteiger partial charge in [0.15, 0.2) is 0 Å². The zero-order chi connectivity index (χ0) is 14.7. The Hall–Kier alpha value is -1.31. The standard InChI is InChI=1S/C12H17F3N2O2/c1-11(6-18,7-19)17-9-2-3-10(12(13,14)15)8(4-9)5-16/h2-4,17-19H,5-7,16H2,1H3. The number of anilines is 1. The van der Waals surface area contributed by atoms with Crippen LogP contribution in [0.15, 0.2) is 18.2 Å². The van der Waals surface area contributed by atoms with E-state index in [-0.39, 0.29) is 25.3 Å². The minimum atomic E-state index is -4.45. The Labute approximate surface area is 109 Å². The molecule has 0 aliphatic carbocycles. The lowest BCUT2D eigenvalue weighted by Crippen LogP contribution is -2.42. The zero-order valence-corrected chi connectivity index (χ0v) is 10.5. The molecule has 108 valence electrons. The SMILES string of the molecule is CC(CO)(CO)Nc1ccc(C(F)(F)F)c(CN)c1. The van der Waals surface area contributed by atoms with Crippen molar-refractivity contribution in [3.8, 4) is 0 Å². The molecule has 1 aromatic rings. The summed E-state index contributed by atoms with van der Waals surface area (Å²) >= 11 is 0. The van der Waals surface area contributed by atoms with E-state index in [0.717, 1.165) is 6.07 Å². The normalized spacial score (nSPS) is 12.6. The fraction of sp³-hybridized carbons (Fsp3) is 0.500. The molecule has 1 aromatic carbocycles. The van der Waals surface area contributed by atoms with Crippen LogP contribution in [0.5, 0.6) is 0 Å². The van der Waals surface area contributed by atoms with Crippen LogP contribution in [0.2, 0.25) is 0 Å². The average Bonchev–Trinajstić information content (AvgIpc) is 2.37. The van der Waals surface area contributed by atoms with E-state index in [0.29, 0.717) is 5.69 Å². The number of halogens is 3. The van der Waals surface area contributed by atoms with Gasteiger partial charge in [-0.25, -0.2) is 0 Å². The number of hydrogen-bond donors (Lipinski definition) is 4. The van der Waals surface area contributed by atoms with Gasteiger partial charge in [0, 0.05) is 12.2 Å². The van der Waals surface area contributed by atoms with Crippen molar-refractivity contribution in [1.82, 2.24) is 0 Å². The van der Waals surface area contributed by atoms with Crippen LogP contribution in [0, 0.1) is 0 Å². The van der Waals surface area contributed by atoms with Crippen LogP contribution in [0.4, 0.5) is 18.9 Å². The molecule has 19 heavy (non-hydrogen) atoms. The smallest absolute Gasteiger partial charge is 0.394 e. The van der Waals surface area contributed by atoms with E-state index in [2.05, 4.69) is 5.32 Å². The maximum atomic E-state index is 12.7. The third-order valence-corrected chi connectivity index (χ3v) is 2.77. The van der Waals surface area contributed by atoms with Crippen molar-refractivity contribution in [2.24, 2.45) is 5.73 Å². The summed E-state index contributed by atoms with van der Waals surface area (Å²) in [4.78, 5) is 0. The number of nitrogens with one attached hydrogen (secondary N) is 1. The second kappa shape index (κ2) is 5.77. The summed E-state index contributed by atoms with van der Waals surface area (Å²) in [6, 6.07) is 3.44. The molecular weight excluding hydrogens is 261 g/mol. The lowest BCUT2D eigenvalue weighted by Gasteiger charge is -2.28. The third kappa shape index (κ3) is 3.82. The van der Waals surface area contributed by atoms with E-state index in [4.69, 9.17) is 15.9 Å². The maximum absolute atomic E-state index is 12.7. The van der Waals surface area contributed by atoms with E-state index < -0.39 is 17.3 Å². The van der Waals surface area contributed by atoms with Gasteiger partial charge in [-0.1, -0.05) is 0 Å². The largest absolute Gasteiger partial charge is 0.416 e. The monoisotopic (exact) mass is 278 g/mol. The van der Waals surface area contributed by atoms with Crippen molar-refractivity contribution < 1.29 is 23.4 Å². The van der Waals surface area contributed by atoms with Crippen LogP contribution in [0.3, 0.4) is 0 Å². The molecular formula is C12H17F3N2O2. The predicted molar refractivity (Wildman–Crippen MR) is 65.5 cm³/mol. The maximum Gasteiger partial charge on any atom is 0.416 e. The summed E-state index contributed by atoms with van der Waals surface area (Å²) in [5.41, 5.74) is 3.84. The van der Waals surface area contributed by atoms with E-state index in [1.165, 1.54) is 12.1 Å². The molecule has 0 aliphatic heterocycles. The highest BCUT2D eigenvalue weighted by Gasteiger charge is 2.33. The molecule has 0 bridgehead atoms. The van der Waals surface area contributed by atoms with Gasteiger partial charge in [0.25, 0.3) is 0 Å². The van der Waals surface area contributed by atoms with Crippen LogP contribution < -0.4 is 11.1 Å². The van der Waals surface area contributed by atoms with Gasteiger partial charge in [0.1, 0.15) is 0 Å². The molecule has 1 rings (SSSR count). The van der Waals surface area contributed by atoms with Crippen LogP contribution >= 0.6 is 0 Å². The molecule has 0 spiro atoms. The Morgan fingerprint density at radius 1 is 1.21 bits per heavy atom. The molecule has 4 nitrogen and oxygen atoms in total. The Kier molecular flexibility index (Phi) is 4.78. The summed E-state index contributed by atoms with van der Waals surface area (Å²) in [6.07, 6.45) is -4.45. The predicted octanol–water partition coefficient (Wildman–Crippen LogP) is 1.32. The molecule has 0 aromatic heterocycles. The Balaban J connectivity index is 3.07. The molecule has 5 N–H and O–H groups in total. The molecule has 0 atom stereocenters. The summed E-state index contributed by atoms with van der Waals surface area (Å²) in [7, 11) is 0. The number of rotatable bonds is 5. The van der Waals surface area contributed by atoms with Gasteiger partial charge in [0.05, 0.1) is 24.3 Å². The number of hydrogen-bond acceptors (Lipinski definition) is 4. The molecule has 0 heterocycles. The van der Waals surface area contributed by atoms with Gasteiger partial charge in [-0.3, -0.25) is 0 Å². The van der Waals surface area contributed by atoms with Crippen LogP contribution in [0.25, 0.3) is 0 Å². The topological polar surface area (TPSA) is 78.5 Å². The number of aliphatic hydroxyl groups is 2. The molecule has 0 fully saturated rings. The molecule has 0 aliphatic rings. The minimum Gasteiger partial charge on any atom is -0.394 e.